The SMILES string of the molecule is O=C(NCCNC(=O)c1nc(N2CCCC2)ncc1Cl)c1ccc(F)cc1. The van der Waals surface area contributed by atoms with Gasteiger partial charge in [0.15, 0.2) is 5.69 Å². The van der Waals surface area contributed by atoms with Crippen LogP contribution in [0, 0.1) is 5.82 Å². The molecule has 7 nitrogen and oxygen atoms in total. The molecular weight excluding hydrogens is 373 g/mol. The fourth-order valence-corrected chi connectivity index (χ4v) is 2.90. The number of aromatic nitrogens is 2. The Morgan fingerprint density at radius 1 is 1.07 bits per heavy atom. The highest BCUT2D eigenvalue weighted by Gasteiger charge is 2.19. The maximum Gasteiger partial charge on any atom is 0.271 e. The van der Waals surface area contributed by atoms with Crippen molar-refractivity contribution in [2.45, 2.75) is 12.8 Å². The van der Waals surface area contributed by atoms with E-state index in [1.165, 1.54) is 30.5 Å². The molecule has 1 aromatic carbocycles. The molecule has 0 aliphatic carbocycles. The quantitative estimate of drug-likeness (QED) is 0.736. The minimum absolute atomic E-state index is 0.110. The van der Waals surface area contributed by atoms with Crippen molar-refractivity contribution in [3.63, 3.8) is 0 Å². The van der Waals surface area contributed by atoms with E-state index in [2.05, 4.69) is 20.6 Å². The van der Waals surface area contributed by atoms with Gasteiger partial charge in [0, 0.05) is 31.7 Å². The third-order valence-corrected chi connectivity index (χ3v) is 4.41. The van der Waals surface area contributed by atoms with Gasteiger partial charge in [-0.2, -0.15) is 0 Å². The predicted molar refractivity (Wildman–Crippen MR) is 99.6 cm³/mol. The lowest BCUT2D eigenvalue weighted by molar-refractivity contribution is 0.0925. The summed E-state index contributed by atoms with van der Waals surface area (Å²) in [6.07, 6.45) is 3.57. The van der Waals surface area contributed by atoms with Gasteiger partial charge in [0.25, 0.3) is 11.8 Å². The maximum atomic E-state index is 12.9. The molecule has 2 N–H and O–H groups in total. The van der Waals surface area contributed by atoms with Gasteiger partial charge in [-0.25, -0.2) is 14.4 Å². The van der Waals surface area contributed by atoms with Gasteiger partial charge in [-0.3, -0.25) is 9.59 Å². The average Bonchev–Trinajstić information content (AvgIpc) is 3.20. The Bertz CT molecular complexity index is 825. The summed E-state index contributed by atoms with van der Waals surface area (Å²) in [4.78, 5) is 34.7. The lowest BCUT2D eigenvalue weighted by Gasteiger charge is -2.16. The highest BCUT2D eigenvalue weighted by Crippen LogP contribution is 2.19. The van der Waals surface area contributed by atoms with Crippen molar-refractivity contribution in [2.24, 2.45) is 0 Å². The molecule has 3 rings (SSSR count). The van der Waals surface area contributed by atoms with Crippen molar-refractivity contribution in [1.29, 1.82) is 0 Å². The number of benzene rings is 1. The van der Waals surface area contributed by atoms with Gasteiger partial charge in [0.05, 0.1) is 11.2 Å². The van der Waals surface area contributed by atoms with Crippen LogP contribution in [0.5, 0.6) is 0 Å². The molecule has 0 bridgehead atoms. The van der Waals surface area contributed by atoms with E-state index in [0.717, 1.165) is 25.9 Å². The molecule has 1 aliphatic heterocycles. The minimum Gasteiger partial charge on any atom is -0.350 e. The Labute approximate surface area is 160 Å². The van der Waals surface area contributed by atoms with Gasteiger partial charge in [-0.15, -0.1) is 0 Å². The number of nitrogens with zero attached hydrogens (tertiary/aromatic N) is 3. The number of hydrogen-bond acceptors (Lipinski definition) is 5. The summed E-state index contributed by atoms with van der Waals surface area (Å²) in [7, 11) is 0. The van der Waals surface area contributed by atoms with Gasteiger partial charge >= 0.3 is 0 Å². The second-order valence-electron chi connectivity index (χ2n) is 6.08. The lowest BCUT2D eigenvalue weighted by Crippen LogP contribution is -2.35. The summed E-state index contributed by atoms with van der Waals surface area (Å²) >= 11 is 6.05. The largest absolute Gasteiger partial charge is 0.350 e. The Kier molecular flexibility index (Phi) is 6.18. The van der Waals surface area contributed by atoms with Gasteiger partial charge in [0.2, 0.25) is 5.95 Å². The van der Waals surface area contributed by atoms with E-state index in [-0.39, 0.29) is 29.7 Å². The summed E-state index contributed by atoms with van der Waals surface area (Å²) in [5, 5.41) is 5.48. The molecule has 1 fully saturated rings. The van der Waals surface area contributed by atoms with E-state index >= 15 is 0 Å². The highest BCUT2D eigenvalue weighted by molar-refractivity contribution is 6.33. The number of halogens is 2. The third kappa shape index (κ3) is 4.91. The summed E-state index contributed by atoms with van der Waals surface area (Å²) < 4.78 is 12.9. The van der Waals surface area contributed by atoms with Gasteiger partial charge in [-0.05, 0) is 37.1 Å². The summed E-state index contributed by atoms with van der Waals surface area (Å²) in [5.74, 6) is -0.694. The number of carbonyl (C=O) groups is 2. The molecule has 0 atom stereocenters. The fraction of sp³-hybridized carbons (Fsp3) is 0.333. The molecule has 142 valence electrons. The van der Waals surface area contributed by atoms with Crippen molar-refractivity contribution in [3.8, 4) is 0 Å². The van der Waals surface area contributed by atoms with Crippen LogP contribution in [0.1, 0.15) is 33.7 Å². The number of nitrogens with one attached hydrogen (secondary N) is 2. The van der Waals surface area contributed by atoms with Crippen molar-refractivity contribution < 1.29 is 14.0 Å². The first-order valence-corrected chi connectivity index (χ1v) is 9.02. The van der Waals surface area contributed by atoms with Crippen molar-refractivity contribution in [3.05, 3.63) is 52.6 Å². The zero-order valence-electron chi connectivity index (χ0n) is 14.5. The number of anilines is 1. The Balaban J connectivity index is 1.51. The van der Waals surface area contributed by atoms with Crippen LogP contribution < -0.4 is 15.5 Å². The first kappa shape index (κ1) is 19.0. The van der Waals surface area contributed by atoms with E-state index in [4.69, 9.17) is 11.6 Å². The van der Waals surface area contributed by atoms with Gasteiger partial charge in [0.1, 0.15) is 5.82 Å². The summed E-state index contributed by atoms with van der Waals surface area (Å²) in [6.45, 7) is 2.13. The van der Waals surface area contributed by atoms with Crippen molar-refractivity contribution >= 4 is 29.4 Å². The van der Waals surface area contributed by atoms with Crippen LogP contribution in [0.3, 0.4) is 0 Å². The zero-order chi connectivity index (χ0) is 19.2. The molecule has 2 aromatic rings. The van der Waals surface area contributed by atoms with E-state index in [1.807, 2.05) is 4.90 Å². The minimum atomic E-state index is -0.432. The standard InChI is InChI=1S/C18H19ClFN5O2/c19-14-11-23-18(25-9-1-2-10-25)24-15(14)17(27)22-8-7-21-16(26)12-3-5-13(20)6-4-12/h3-6,11H,1-2,7-10H2,(H,21,26)(H,22,27). The molecular formula is C18H19ClFN5O2. The van der Waals surface area contributed by atoms with Crippen molar-refractivity contribution in [1.82, 2.24) is 20.6 Å². The third-order valence-electron chi connectivity index (χ3n) is 4.14. The Morgan fingerprint density at radius 2 is 1.70 bits per heavy atom. The van der Waals surface area contributed by atoms with E-state index in [0.29, 0.717) is 11.5 Å². The average molecular weight is 392 g/mol. The number of carbonyl (C=O) groups excluding carboxylic acids is 2. The molecule has 9 heteroatoms. The molecule has 1 saturated heterocycles. The first-order chi connectivity index (χ1) is 13.0. The maximum absolute atomic E-state index is 12.9. The summed E-state index contributed by atoms with van der Waals surface area (Å²) in [6, 6.07) is 5.21. The molecule has 27 heavy (non-hydrogen) atoms. The van der Waals surface area contributed by atoms with Crippen LogP contribution in [-0.2, 0) is 0 Å². The lowest BCUT2D eigenvalue weighted by atomic mass is 10.2. The molecule has 1 aromatic heterocycles. The van der Waals surface area contributed by atoms with Crippen LogP contribution >= 0.6 is 11.6 Å². The number of hydrogen-bond donors (Lipinski definition) is 2. The fourth-order valence-electron chi connectivity index (χ4n) is 2.73. The van der Waals surface area contributed by atoms with Gasteiger partial charge in [-0.1, -0.05) is 11.6 Å². The van der Waals surface area contributed by atoms with Crippen LogP contribution in [-0.4, -0.2) is 48.0 Å². The van der Waals surface area contributed by atoms with Crippen LogP contribution in [0.4, 0.5) is 10.3 Å². The van der Waals surface area contributed by atoms with E-state index in [1.54, 1.807) is 0 Å². The first-order valence-electron chi connectivity index (χ1n) is 8.64. The molecule has 2 heterocycles. The Morgan fingerprint density at radius 3 is 2.37 bits per heavy atom. The van der Waals surface area contributed by atoms with E-state index in [9.17, 15) is 14.0 Å². The second-order valence-corrected chi connectivity index (χ2v) is 6.49. The number of rotatable bonds is 6. The molecule has 0 unspecified atom stereocenters. The second kappa shape index (κ2) is 8.77. The zero-order valence-corrected chi connectivity index (χ0v) is 15.3. The molecule has 0 saturated carbocycles. The van der Waals surface area contributed by atoms with Crippen LogP contribution in [0.15, 0.2) is 30.5 Å². The molecule has 1 aliphatic rings. The normalized spacial score (nSPS) is 13.5. The van der Waals surface area contributed by atoms with Crippen LogP contribution in [0.2, 0.25) is 5.02 Å². The predicted octanol–water partition coefficient (Wildman–Crippen LogP) is 2.03. The topological polar surface area (TPSA) is 87.2 Å². The number of amides is 2. The smallest absolute Gasteiger partial charge is 0.271 e. The molecule has 0 spiro atoms. The van der Waals surface area contributed by atoms with Gasteiger partial charge < -0.3 is 15.5 Å². The van der Waals surface area contributed by atoms with Crippen LogP contribution in [0.25, 0.3) is 0 Å². The monoisotopic (exact) mass is 391 g/mol. The summed E-state index contributed by atoms with van der Waals surface area (Å²) in [5.41, 5.74) is 0.454. The molecule has 2 amide bonds. The van der Waals surface area contributed by atoms with E-state index < -0.39 is 11.7 Å². The Hall–Kier alpha value is -2.74. The van der Waals surface area contributed by atoms with Crippen molar-refractivity contribution in [2.75, 3.05) is 31.1 Å². The highest BCUT2D eigenvalue weighted by atomic mass is 35.5. The molecule has 0 radical (unpaired) electrons.